The van der Waals surface area contributed by atoms with E-state index in [-0.39, 0.29) is 47.6 Å². The Bertz CT molecular complexity index is 1690. The summed E-state index contributed by atoms with van der Waals surface area (Å²) >= 11 is 0. The minimum absolute atomic E-state index is 0.0815. The van der Waals surface area contributed by atoms with Gasteiger partial charge in [-0.1, -0.05) is 19.9 Å². The molecule has 2 atom stereocenters. The number of halogens is 6. The number of pyridine rings is 1. The van der Waals surface area contributed by atoms with E-state index in [9.17, 15) is 32.7 Å². The van der Waals surface area contributed by atoms with Crippen LogP contribution in [0.1, 0.15) is 72.2 Å². The fourth-order valence-electron chi connectivity index (χ4n) is 5.65. The number of aryl methyl sites for hydroxylation is 3. The van der Waals surface area contributed by atoms with E-state index in [2.05, 4.69) is 5.32 Å². The van der Waals surface area contributed by atoms with Crippen molar-refractivity contribution in [2.45, 2.75) is 72.1 Å². The lowest BCUT2D eigenvalue weighted by Crippen LogP contribution is -2.41. The highest BCUT2D eigenvalue weighted by Gasteiger charge is 2.36. The molecule has 0 saturated carbocycles. The Kier molecular flexibility index (Phi) is 11.7. The zero-order valence-corrected chi connectivity index (χ0v) is 27.3. The molecule has 0 fully saturated rings. The molecular formula is C34H39F6N3O4. The summed E-state index contributed by atoms with van der Waals surface area (Å²) in [6.07, 6.45) is -5.08. The third-order valence-electron chi connectivity index (χ3n) is 7.79. The molecule has 1 heterocycles. The predicted molar refractivity (Wildman–Crippen MR) is 166 cm³/mol. The number of amides is 1. The number of benzene rings is 2. The van der Waals surface area contributed by atoms with Crippen LogP contribution < -0.4 is 10.9 Å². The van der Waals surface area contributed by atoms with Crippen LogP contribution >= 0.6 is 0 Å². The number of carboxylic acid groups (broad SMARTS) is 1. The fraction of sp³-hybridized carbons (Fsp3) is 0.441. The van der Waals surface area contributed by atoms with Crippen LogP contribution in [0.3, 0.4) is 0 Å². The molecule has 0 spiro atoms. The molecule has 13 heteroatoms. The highest BCUT2D eigenvalue weighted by atomic mass is 19.4. The van der Waals surface area contributed by atoms with E-state index in [0.29, 0.717) is 17.2 Å². The maximum absolute atomic E-state index is 16.3. The molecule has 2 aromatic carbocycles. The Morgan fingerprint density at radius 3 is 2.15 bits per heavy atom. The molecule has 0 aliphatic rings. The molecule has 0 radical (unpaired) electrons. The van der Waals surface area contributed by atoms with Gasteiger partial charge in [0.15, 0.2) is 0 Å². The van der Waals surface area contributed by atoms with E-state index < -0.39 is 70.7 Å². The van der Waals surface area contributed by atoms with Crippen LogP contribution in [0, 0.1) is 44.1 Å². The Balaban J connectivity index is 2.20. The van der Waals surface area contributed by atoms with Crippen molar-refractivity contribution in [1.29, 1.82) is 0 Å². The van der Waals surface area contributed by atoms with E-state index in [1.807, 2.05) is 0 Å². The number of nitrogens with one attached hydrogen (secondary N) is 1. The lowest BCUT2D eigenvalue weighted by Gasteiger charge is -2.27. The zero-order chi connectivity index (χ0) is 35.5. The first-order valence-electron chi connectivity index (χ1n) is 15.0. The van der Waals surface area contributed by atoms with E-state index in [1.54, 1.807) is 45.8 Å². The van der Waals surface area contributed by atoms with Crippen molar-refractivity contribution in [2.75, 3.05) is 20.6 Å². The highest BCUT2D eigenvalue weighted by molar-refractivity contribution is 5.82. The number of hydrogen-bond donors (Lipinski definition) is 2. The normalized spacial score (nSPS) is 13.3. The Labute approximate surface area is 269 Å². The average molecular weight is 668 g/mol. The van der Waals surface area contributed by atoms with Gasteiger partial charge in [0.05, 0.1) is 18.0 Å². The first-order valence-corrected chi connectivity index (χ1v) is 15.0. The van der Waals surface area contributed by atoms with Gasteiger partial charge in [0.25, 0.3) is 5.56 Å². The van der Waals surface area contributed by atoms with Crippen LogP contribution in [0.2, 0.25) is 0 Å². The molecule has 7 nitrogen and oxygen atoms in total. The maximum Gasteiger partial charge on any atom is 0.416 e. The minimum atomic E-state index is -4.85. The SMILES string of the molecule is Cc1cc(C)c(-c2cc(C)c(F)c([C@H](CC(=O)O)NC(=O)C(CC(C)C)n3cc(CCN(C)C)c(C(F)(F)F)cc3=O)c2F)c(F)c1. The van der Waals surface area contributed by atoms with Gasteiger partial charge in [-0.25, -0.2) is 13.2 Å². The van der Waals surface area contributed by atoms with Crippen molar-refractivity contribution in [2.24, 2.45) is 5.92 Å². The van der Waals surface area contributed by atoms with Gasteiger partial charge >= 0.3 is 12.1 Å². The molecule has 256 valence electrons. The number of carbonyl (C=O) groups excluding carboxylic acids is 1. The number of aliphatic carboxylic acids is 1. The lowest BCUT2D eigenvalue weighted by atomic mass is 9.90. The Morgan fingerprint density at radius 1 is 0.979 bits per heavy atom. The monoisotopic (exact) mass is 667 g/mol. The fourth-order valence-corrected chi connectivity index (χ4v) is 5.65. The minimum Gasteiger partial charge on any atom is -0.481 e. The number of carbonyl (C=O) groups is 2. The summed E-state index contributed by atoms with van der Waals surface area (Å²) < 4.78 is 89.5. The van der Waals surface area contributed by atoms with E-state index in [0.717, 1.165) is 16.8 Å². The molecule has 3 rings (SSSR count). The summed E-state index contributed by atoms with van der Waals surface area (Å²) in [5, 5.41) is 12.0. The number of nitrogens with zero attached hydrogens (tertiary/aromatic N) is 2. The number of carboxylic acids is 1. The van der Waals surface area contributed by atoms with Gasteiger partial charge < -0.3 is 19.9 Å². The van der Waals surface area contributed by atoms with Crippen LogP contribution in [0.5, 0.6) is 0 Å². The number of rotatable bonds is 12. The van der Waals surface area contributed by atoms with Gasteiger partial charge in [0.1, 0.15) is 23.5 Å². The molecule has 1 aromatic heterocycles. The maximum atomic E-state index is 16.3. The molecular weight excluding hydrogens is 628 g/mol. The quantitative estimate of drug-likeness (QED) is 0.205. The van der Waals surface area contributed by atoms with Gasteiger partial charge in [-0.05, 0) is 88.0 Å². The lowest BCUT2D eigenvalue weighted by molar-refractivity contribution is -0.139. The van der Waals surface area contributed by atoms with Crippen LogP contribution in [0.25, 0.3) is 11.1 Å². The molecule has 1 unspecified atom stereocenters. The third kappa shape index (κ3) is 8.82. The van der Waals surface area contributed by atoms with Gasteiger partial charge in [-0.2, -0.15) is 13.2 Å². The summed E-state index contributed by atoms with van der Waals surface area (Å²) in [6.45, 7) is 8.03. The second-order valence-electron chi connectivity index (χ2n) is 12.5. The number of aromatic nitrogens is 1. The average Bonchev–Trinajstić information content (AvgIpc) is 2.92. The number of hydrogen-bond acceptors (Lipinski definition) is 4. The summed E-state index contributed by atoms with van der Waals surface area (Å²) in [5.74, 6) is -6.11. The Morgan fingerprint density at radius 2 is 1.62 bits per heavy atom. The topological polar surface area (TPSA) is 91.6 Å². The van der Waals surface area contributed by atoms with Crippen LogP contribution in [0.4, 0.5) is 26.3 Å². The highest BCUT2D eigenvalue weighted by Crippen LogP contribution is 2.37. The van der Waals surface area contributed by atoms with Crippen molar-refractivity contribution < 1.29 is 41.0 Å². The van der Waals surface area contributed by atoms with Gasteiger partial charge in [-0.3, -0.25) is 14.4 Å². The first-order chi connectivity index (χ1) is 21.7. The van der Waals surface area contributed by atoms with Crippen molar-refractivity contribution in [3.63, 3.8) is 0 Å². The van der Waals surface area contributed by atoms with E-state index >= 15 is 13.2 Å². The molecule has 47 heavy (non-hydrogen) atoms. The molecule has 0 aliphatic heterocycles. The van der Waals surface area contributed by atoms with Gasteiger partial charge in [0.2, 0.25) is 5.91 Å². The second-order valence-corrected chi connectivity index (χ2v) is 12.5. The molecule has 0 aliphatic carbocycles. The van der Waals surface area contributed by atoms with Gasteiger partial charge in [-0.15, -0.1) is 0 Å². The smallest absolute Gasteiger partial charge is 0.416 e. The van der Waals surface area contributed by atoms with Crippen molar-refractivity contribution in [3.8, 4) is 11.1 Å². The van der Waals surface area contributed by atoms with Crippen molar-refractivity contribution in [3.05, 3.63) is 91.6 Å². The molecule has 0 saturated heterocycles. The predicted octanol–water partition coefficient (Wildman–Crippen LogP) is 6.90. The summed E-state index contributed by atoms with van der Waals surface area (Å²) in [4.78, 5) is 40.5. The first kappa shape index (κ1) is 37.3. The summed E-state index contributed by atoms with van der Waals surface area (Å²) in [5.41, 5.74) is -3.14. The van der Waals surface area contributed by atoms with Crippen LogP contribution in [0.15, 0.2) is 35.3 Å². The number of alkyl halides is 3. The van der Waals surface area contributed by atoms with Crippen LogP contribution in [-0.4, -0.2) is 47.1 Å². The standard InChI is InChI=1S/C34H39F6N3O4/c1-17(2)10-26(43-16-21(8-9-42(6)7)23(14-27(43)44)34(38,39)40)33(47)41-25(15-28(45)46)30-31(36)20(5)13-22(32(30)37)29-19(4)11-18(3)12-24(29)35/h11-14,16-17,25-26H,8-10,15H2,1-7H3,(H,41,47)(H,45,46)/t25-,26?/m0/s1. The number of likely N-dealkylation sites (N-methyl/N-ethyl adjacent to an activating group) is 1. The van der Waals surface area contributed by atoms with E-state index in [1.165, 1.54) is 19.9 Å². The van der Waals surface area contributed by atoms with E-state index in [4.69, 9.17) is 0 Å². The van der Waals surface area contributed by atoms with Crippen molar-refractivity contribution in [1.82, 2.24) is 14.8 Å². The summed E-state index contributed by atoms with van der Waals surface area (Å²) in [7, 11) is 3.31. The molecule has 2 N–H and O–H groups in total. The summed E-state index contributed by atoms with van der Waals surface area (Å²) in [6, 6.07) is 0.962. The second kappa shape index (κ2) is 14.7. The molecule has 1 amide bonds. The molecule has 0 bridgehead atoms. The van der Waals surface area contributed by atoms with Crippen molar-refractivity contribution >= 4 is 11.9 Å². The largest absolute Gasteiger partial charge is 0.481 e. The Hall–Kier alpha value is -4.13. The zero-order valence-electron chi connectivity index (χ0n) is 27.3. The third-order valence-corrected chi connectivity index (χ3v) is 7.79. The van der Waals surface area contributed by atoms with Crippen LogP contribution in [-0.2, 0) is 22.2 Å². The van der Waals surface area contributed by atoms with Gasteiger partial charge in [0, 0.05) is 35.5 Å². The molecule has 3 aromatic rings.